The molecule has 3 aromatic rings. The number of amides is 1. The number of carbonyl (C=O) groups excluding carboxylic acids is 1. The molecule has 0 fully saturated rings. The molecule has 3 aromatic heterocycles. The van der Waals surface area contributed by atoms with Gasteiger partial charge in [-0.15, -0.1) is 5.10 Å². The Morgan fingerprint density at radius 2 is 2.28 bits per heavy atom. The van der Waals surface area contributed by atoms with Crippen LogP contribution in [0.25, 0.3) is 5.65 Å². The highest BCUT2D eigenvalue weighted by Crippen LogP contribution is 2.08. The summed E-state index contributed by atoms with van der Waals surface area (Å²) in [5.41, 5.74) is 0.597. The zero-order chi connectivity index (χ0) is 12.5. The van der Waals surface area contributed by atoms with E-state index in [2.05, 4.69) is 30.9 Å². The summed E-state index contributed by atoms with van der Waals surface area (Å²) in [6, 6.07) is 2.74. The van der Waals surface area contributed by atoms with Crippen molar-refractivity contribution in [2.24, 2.45) is 0 Å². The number of halogens is 1. The topological polar surface area (TPSA) is 101 Å². The number of H-pyrrole nitrogens is 1. The van der Waals surface area contributed by atoms with Crippen LogP contribution in [-0.4, -0.2) is 35.9 Å². The van der Waals surface area contributed by atoms with Crippen molar-refractivity contribution in [1.82, 2.24) is 30.0 Å². The summed E-state index contributed by atoms with van der Waals surface area (Å²) in [4.78, 5) is 15.8. The van der Waals surface area contributed by atoms with Crippen molar-refractivity contribution in [3.63, 3.8) is 0 Å². The number of nitrogens with zero attached hydrogens (tertiary/aromatic N) is 5. The van der Waals surface area contributed by atoms with Crippen LogP contribution in [0.2, 0.25) is 0 Å². The first-order chi connectivity index (χ1) is 8.72. The quantitative estimate of drug-likeness (QED) is 0.675. The smallest absolute Gasteiger partial charge is 0.278 e. The lowest BCUT2D eigenvalue weighted by Gasteiger charge is -1.94. The van der Waals surface area contributed by atoms with Crippen LogP contribution in [0, 0.1) is 5.82 Å². The van der Waals surface area contributed by atoms with Gasteiger partial charge in [-0.05, 0) is 17.3 Å². The van der Waals surface area contributed by atoms with Crippen molar-refractivity contribution >= 4 is 17.5 Å². The lowest BCUT2D eigenvalue weighted by Crippen LogP contribution is -2.13. The first-order valence-corrected chi connectivity index (χ1v) is 4.91. The maximum absolute atomic E-state index is 13.0. The molecule has 90 valence electrons. The highest BCUT2D eigenvalue weighted by atomic mass is 19.1. The molecule has 0 atom stereocenters. The Morgan fingerprint density at radius 1 is 1.39 bits per heavy atom. The Labute approximate surface area is 98.8 Å². The van der Waals surface area contributed by atoms with Crippen LogP contribution in [0.4, 0.5) is 10.3 Å². The number of anilines is 1. The van der Waals surface area contributed by atoms with Crippen LogP contribution in [0.15, 0.2) is 24.5 Å². The van der Waals surface area contributed by atoms with Crippen LogP contribution >= 0.6 is 0 Å². The Bertz CT molecular complexity index is 705. The number of rotatable bonds is 2. The molecule has 0 spiro atoms. The minimum Gasteiger partial charge on any atom is -0.303 e. The van der Waals surface area contributed by atoms with Crippen molar-refractivity contribution in [3.8, 4) is 0 Å². The van der Waals surface area contributed by atoms with Crippen LogP contribution in [0.3, 0.4) is 0 Å². The number of pyridine rings is 1. The summed E-state index contributed by atoms with van der Waals surface area (Å²) in [6.45, 7) is 0. The predicted octanol–water partition coefficient (Wildman–Crippen LogP) is 0.239. The molecular formula is C9H6FN7O. The van der Waals surface area contributed by atoms with Crippen molar-refractivity contribution in [1.29, 1.82) is 0 Å². The number of fused-ring (bicyclic) bond motifs is 1. The third-order valence-corrected chi connectivity index (χ3v) is 2.22. The minimum atomic E-state index is -0.500. The van der Waals surface area contributed by atoms with E-state index in [1.165, 1.54) is 28.9 Å². The number of carbonyl (C=O) groups is 1. The zero-order valence-corrected chi connectivity index (χ0v) is 8.83. The summed E-state index contributed by atoms with van der Waals surface area (Å²) < 4.78 is 14.4. The van der Waals surface area contributed by atoms with Gasteiger partial charge < -0.3 is 4.40 Å². The number of nitrogens with one attached hydrogen (secondary N) is 2. The Kier molecular flexibility index (Phi) is 2.22. The van der Waals surface area contributed by atoms with E-state index in [0.717, 1.165) is 0 Å². The third kappa shape index (κ3) is 1.77. The van der Waals surface area contributed by atoms with Gasteiger partial charge in [0.1, 0.15) is 17.2 Å². The third-order valence-electron chi connectivity index (χ3n) is 2.22. The fourth-order valence-corrected chi connectivity index (χ4v) is 1.45. The normalized spacial score (nSPS) is 10.7. The second-order valence-electron chi connectivity index (χ2n) is 3.43. The highest BCUT2D eigenvalue weighted by molar-refractivity contribution is 6.02. The molecule has 0 aliphatic heterocycles. The molecule has 18 heavy (non-hydrogen) atoms. The van der Waals surface area contributed by atoms with E-state index in [1.807, 2.05) is 0 Å². The molecule has 0 aliphatic rings. The molecule has 0 unspecified atom stereocenters. The second kappa shape index (κ2) is 3.87. The maximum atomic E-state index is 13.0. The molecule has 3 rings (SSSR count). The molecule has 0 saturated carbocycles. The van der Waals surface area contributed by atoms with Gasteiger partial charge in [0.2, 0.25) is 0 Å². The number of aromatic amines is 1. The largest absolute Gasteiger partial charge is 0.303 e. The summed E-state index contributed by atoms with van der Waals surface area (Å²) in [7, 11) is 0. The fraction of sp³-hybridized carbons (Fsp3) is 0. The maximum Gasteiger partial charge on any atom is 0.278 e. The first kappa shape index (κ1) is 10.3. The van der Waals surface area contributed by atoms with E-state index in [0.29, 0.717) is 5.65 Å². The van der Waals surface area contributed by atoms with E-state index in [-0.39, 0.29) is 11.6 Å². The zero-order valence-electron chi connectivity index (χ0n) is 8.83. The van der Waals surface area contributed by atoms with Crippen molar-refractivity contribution < 1.29 is 9.18 Å². The van der Waals surface area contributed by atoms with Crippen molar-refractivity contribution in [2.45, 2.75) is 0 Å². The van der Waals surface area contributed by atoms with Gasteiger partial charge >= 0.3 is 0 Å². The average molecular weight is 247 g/mol. The van der Waals surface area contributed by atoms with Crippen molar-refractivity contribution in [3.05, 3.63) is 36.0 Å². The SMILES string of the molecule is O=C(Nc1nn[nH]n1)c1cn2cc(F)ccc2n1. The van der Waals surface area contributed by atoms with E-state index < -0.39 is 11.7 Å². The van der Waals surface area contributed by atoms with Crippen LogP contribution in [-0.2, 0) is 0 Å². The summed E-state index contributed by atoms with van der Waals surface area (Å²) >= 11 is 0. The second-order valence-corrected chi connectivity index (χ2v) is 3.43. The van der Waals surface area contributed by atoms with Gasteiger partial charge in [0.25, 0.3) is 11.9 Å². The molecule has 0 aliphatic carbocycles. The van der Waals surface area contributed by atoms with Crippen LogP contribution in [0.5, 0.6) is 0 Å². The number of tetrazole rings is 1. The van der Waals surface area contributed by atoms with Crippen LogP contribution < -0.4 is 5.32 Å². The summed E-state index contributed by atoms with van der Waals surface area (Å²) in [5.74, 6) is -0.867. The molecule has 0 saturated heterocycles. The monoisotopic (exact) mass is 247 g/mol. The number of hydrogen-bond acceptors (Lipinski definition) is 5. The summed E-state index contributed by atoms with van der Waals surface area (Å²) in [6.07, 6.45) is 2.64. The molecule has 9 heteroatoms. The first-order valence-electron chi connectivity index (χ1n) is 4.91. The lowest BCUT2D eigenvalue weighted by atomic mass is 10.4. The van der Waals surface area contributed by atoms with Gasteiger partial charge in [0.05, 0.1) is 0 Å². The summed E-state index contributed by atoms with van der Waals surface area (Å²) in [5, 5.41) is 15.0. The molecule has 0 bridgehead atoms. The molecular weight excluding hydrogens is 241 g/mol. The van der Waals surface area contributed by atoms with Crippen molar-refractivity contribution in [2.75, 3.05) is 5.32 Å². The molecule has 1 amide bonds. The Morgan fingerprint density at radius 3 is 3.06 bits per heavy atom. The van der Waals surface area contributed by atoms with E-state index in [1.54, 1.807) is 0 Å². The van der Waals surface area contributed by atoms with Gasteiger partial charge in [0, 0.05) is 12.4 Å². The highest BCUT2D eigenvalue weighted by Gasteiger charge is 2.12. The lowest BCUT2D eigenvalue weighted by molar-refractivity contribution is 0.102. The van der Waals surface area contributed by atoms with Gasteiger partial charge in [0.15, 0.2) is 0 Å². The Balaban J connectivity index is 1.92. The number of hydrogen-bond donors (Lipinski definition) is 2. The minimum absolute atomic E-state index is 0.0447. The fourth-order valence-electron chi connectivity index (χ4n) is 1.45. The average Bonchev–Trinajstić information content (AvgIpc) is 2.96. The van der Waals surface area contributed by atoms with Gasteiger partial charge in [-0.1, -0.05) is 5.10 Å². The van der Waals surface area contributed by atoms with Crippen LogP contribution in [0.1, 0.15) is 10.5 Å². The van der Waals surface area contributed by atoms with Gasteiger partial charge in [-0.25, -0.2) is 9.37 Å². The standard InChI is InChI=1S/C9H6FN7O/c10-5-1-2-7-11-6(4-17(7)3-5)8(18)12-9-13-15-16-14-9/h1-4H,(H2,12,13,14,15,16,18). The molecule has 3 heterocycles. The van der Waals surface area contributed by atoms with E-state index in [9.17, 15) is 9.18 Å². The van der Waals surface area contributed by atoms with Gasteiger partial charge in [-0.2, -0.15) is 5.21 Å². The molecule has 0 aromatic carbocycles. The molecule has 8 nitrogen and oxygen atoms in total. The molecule has 2 N–H and O–H groups in total. The number of aromatic nitrogens is 6. The Hall–Kier alpha value is -2.84. The number of imidazole rings is 1. The van der Waals surface area contributed by atoms with E-state index in [4.69, 9.17) is 0 Å². The van der Waals surface area contributed by atoms with E-state index >= 15 is 0 Å². The molecule has 0 radical (unpaired) electrons. The van der Waals surface area contributed by atoms with Gasteiger partial charge in [-0.3, -0.25) is 10.1 Å². The predicted molar refractivity (Wildman–Crippen MR) is 57.3 cm³/mol.